The third-order valence-electron chi connectivity index (χ3n) is 3.03. The fourth-order valence-corrected chi connectivity index (χ4v) is 2.03. The summed E-state index contributed by atoms with van der Waals surface area (Å²) in [6.07, 6.45) is -3.61. The zero-order chi connectivity index (χ0) is 14.3. The number of ketones is 1. The highest BCUT2D eigenvalue weighted by Gasteiger charge is 2.43. The average molecular weight is 276 g/mol. The van der Waals surface area contributed by atoms with Crippen molar-refractivity contribution in [2.45, 2.75) is 13.2 Å². The van der Waals surface area contributed by atoms with E-state index in [1.165, 1.54) is 19.1 Å². The van der Waals surface area contributed by atoms with Gasteiger partial charge in [0.1, 0.15) is 0 Å². The standard InChI is InChI=1S/C15H10F2O3/c1-9(18)10-2-4-11(5-3-10)12-6-7-13-14(8-12)20-15(16,17)19-13/h2-8H,1H3. The highest BCUT2D eigenvalue weighted by molar-refractivity contribution is 5.94. The number of benzene rings is 2. The van der Waals surface area contributed by atoms with E-state index in [9.17, 15) is 13.6 Å². The topological polar surface area (TPSA) is 35.5 Å². The third-order valence-corrected chi connectivity index (χ3v) is 3.03. The molecule has 0 saturated heterocycles. The van der Waals surface area contributed by atoms with Gasteiger partial charge in [0.25, 0.3) is 0 Å². The third kappa shape index (κ3) is 2.22. The van der Waals surface area contributed by atoms with Crippen molar-refractivity contribution in [3.05, 3.63) is 48.0 Å². The fraction of sp³-hybridized carbons (Fsp3) is 0.133. The normalized spacial score (nSPS) is 15.2. The second-order valence-electron chi connectivity index (χ2n) is 4.46. The van der Waals surface area contributed by atoms with Gasteiger partial charge in [0.05, 0.1) is 0 Å². The van der Waals surface area contributed by atoms with Crippen molar-refractivity contribution in [1.29, 1.82) is 0 Å². The van der Waals surface area contributed by atoms with Crippen molar-refractivity contribution in [3.8, 4) is 22.6 Å². The largest absolute Gasteiger partial charge is 0.586 e. The van der Waals surface area contributed by atoms with Gasteiger partial charge in [0.15, 0.2) is 17.3 Å². The van der Waals surface area contributed by atoms with Crippen molar-refractivity contribution < 1.29 is 23.0 Å². The van der Waals surface area contributed by atoms with Crippen LogP contribution in [0.1, 0.15) is 17.3 Å². The monoisotopic (exact) mass is 276 g/mol. The smallest absolute Gasteiger partial charge is 0.395 e. The lowest BCUT2D eigenvalue weighted by molar-refractivity contribution is -0.286. The molecule has 5 heteroatoms. The van der Waals surface area contributed by atoms with E-state index >= 15 is 0 Å². The summed E-state index contributed by atoms with van der Waals surface area (Å²) >= 11 is 0. The molecule has 20 heavy (non-hydrogen) atoms. The first-order valence-corrected chi connectivity index (χ1v) is 5.96. The number of hydrogen-bond donors (Lipinski definition) is 0. The van der Waals surface area contributed by atoms with Gasteiger partial charge in [-0.05, 0) is 30.2 Å². The molecule has 0 amide bonds. The first kappa shape index (κ1) is 12.6. The van der Waals surface area contributed by atoms with Gasteiger partial charge in [-0.25, -0.2) is 0 Å². The predicted molar refractivity (Wildman–Crippen MR) is 68.1 cm³/mol. The number of ether oxygens (including phenoxy) is 2. The molecule has 0 spiro atoms. The Morgan fingerprint density at radius 2 is 1.55 bits per heavy atom. The Balaban J connectivity index is 1.94. The molecule has 0 radical (unpaired) electrons. The van der Waals surface area contributed by atoms with Crippen LogP contribution in [-0.2, 0) is 0 Å². The van der Waals surface area contributed by atoms with Crippen LogP contribution < -0.4 is 9.47 Å². The highest BCUT2D eigenvalue weighted by atomic mass is 19.3. The Kier molecular flexibility index (Phi) is 2.71. The number of carbonyl (C=O) groups is 1. The van der Waals surface area contributed by atoms with Crippen molar-refractivity contribution in [1.82, 2.24) is 0 Å². The maximum Gasteiger partial charge on any atom is 0.586 e. The summed E-state index contributed by atoms with van der Waals surface area (Å²) in [6.45, 7) is 1.48. The number of hydrogen-bond acceptors (Lipinski definition) is 3. The number of alkyl halides is 2. The van der Waals surface area contributed by atoms with Gasteiger partial charge in [-0.2, -0.15) is 0 Å². The van der Waals surface area contributed by atoms with Crippen molar-refractivity contribution >= 4 is 5.78 Å². The van der Waals surface area contributed by atoms with E-state index in [2.05, 4.69) is 9.47 Å². The second-order valence-corrected chi connectivity index (χ2v) is 4.46. The molecule has 3 nitrogen and oxygen atoms in total. The molecule has 1 aliphatic heterocycles. The quantitative estimate of drug-likeness (QED) is 0.781. The van der Waals surface area contributed by atoms with Crippen molar-refractivity contribution in [2.75, 3.05) is 0 Å². The summed E-state index contributed by atoms with van der Waals surface area (Å²) < 4.78 is 34.6. The molecule has 2 aromatic rings. The van der Waals surface area contributed by atoms with E-state index in [-0.39, 0.29) is 17.3 Å². The number of fused-ring (bicyclic) bond motifs is 1. The zero-order valence-electron chi connectivity index (χ0n) is 10.5. The van der Waals surface area contributed by atoms with E-state index < -0.39 is 6.29 Å². The van der Waals surface area contributed by atoms with Crippen molar-refractivity contribution in [3.63, 3.8) is 0 Å². The molecule has 0 atom stereocenters. The van der Waals surface area contributed by atoms with Crippen LogP contribution in [0, 0.1) is 0 Å². The summed E-state index contributed by atoms with van der Waals surface area (Å²) in [7, 11) is 0. The van der Waals surface area contributed by atoms with Gasteiger partial charge in [0, 0.05) is 5.56 Å². The molecule has 1 heterocycles. The van der Waals surface area contributed by atoms with Crippen LogP contribution in [0.3, 0.4) is 0 Å². The minimum absolute atomic E-state index is 0.00291. The molecule has 0 aromatic heterocycles. The van der Waals surface area contributed by atoms with Crippen LogP contribution in [0.15, 0.2) is 42.5 Å². The minimum Gasteiger partial charge on any atom is -0.395 e. The van der Waals surface area contributed by atoms with Gasteiger partial charge in [-0.3, -0.25) is 4.79 Å². The maximum absolute atomic E-state index is 12.9. The van der Waals surface area contributed by atoms with E-state index in [4.69, 9.17) is 0 Å². The summed E-state index contributed by atoms with van der Waals surface area (Å²) in [6, 6.07) is 11.5. The van der Waals surface area contributed by atoms with Gasteiger partial charge in [-0.1, -0.05) is 30.3 Å². The molecule has 0 aliphatic carbocycles. The molecule has 1 aliphatic rings. The number of halogens is 2. The molecule has 0 unspecified atom stereocenters. The predicted octanol–water partition coefficient (Wildman–Crippen LogP) is 3.88. The van der Waals surface area contributed by atoms with Gasteiger partial charge in [0.2, 0.25) is 0 Å². The average Bonchev–Trinajstić information content (AvgIpc) is 2.71. The zero-order valence-corrected chi connectivity index (χ0v) is 10.5. The SMILES string of the molecule is CC(=O)c1ccc(-c2ccc3c(c2)OC(F)(F)O3)cc1. The van der Waals surface area contributed by atoms with Gasteiger partial charge < -0.3 is 9.47 Å². The van der Waals surface area contributed by atoms with E-state index in [0.717, 1.165) is 5.56 Å². The lowest BCUT2D eigenvalue weighted by atomic mass is 10.0. The van der Waals surface area contributed by atoms with E-state index in [1.807, 2.05) is 0 Å². The Labute approximate surface area is 113 Å². The molecule has 3 rings (SSSR count). The van der Waals surface area contributed by atoms with Gasteiger partial charge in [-0.15, -0.1) is 8.78 Å². The summed E-state index contributed by atoms with van der Waals surface area (Å²) in [5, 5.41) is 0. The minimum atomic E-state index is -3.61. The fourth-order valence-electron chi connectivity index (χ4n) is 2.03. The van der Waals surface area contributed by atoms with Crippen LogP contribution in [0.25, 0.3) is 11.1 Å². The molecule has 0 saturated carbocycles. The van der Waals surface area contributed by atoms with Crippen LogP contribution >= 0.6 is 0 Å². The Morgan fingerprint density at radius 3 is 2.20 bits per heavy atom. The number of Topliss-reactive ketones (excluding diaryl/α,β-unsaturated/α-hetero) is 1. The molecule has 102 valence electrons. The Bertz CT molecular complexity index is 678. The van der Waals surface area contributed by atoms with Crippen molar-refractivity contribution in [2.24, 2.45) is 0 Å². The lowest BCUT2D eigenvalue weighted by Crippen LogP contribution is -2.25. The second kappa shape index (κ2) is 4.30. The first-order valence-electron chi connectivity index (χ1n) is 5.96. The van der Waals surface area contributed by atoms with Crippen LogP contribution in [0.4, 0.5) is 8.78 Å². The molecular weight excluding hydrogens is 266 g/mol. The number of rotatable bonds is 2. The van der Waals surface area contributed by atoms with Crippen LogP contribution in [-0.4, -0.2) is 12.1 Å². The molecule has 0 N–H and O–H groups in total. The van der Waals surface area contributed by atoms with Crippen LogP contribution in [0.2, 0.25) is 0 Å². The lowest BCUT2D eigenvalue weighted by Gasteiger charge is -2.04. The maximum atomic E-state index is 12.9. The highest BCUT2D eigenvalue weighted by Crippen LogP contribution is 2.42. The number of carbonyl (C=O) groups excluding carboxylic acids is 1. The van der Waals surface area contributed by atoms with E-state index in [1.54, 1.807) is 30.3 Å². The molecule has 2 aromatic carbocycles. The van der Waals surface area contributed by atoms with Crippen LogP contribution in [0.5, 0.6) is 11.5 Å². The molecular formula is C15H10F2O3. The Morgan fingerprint density at radius 1 is 0.950 bits per heavy atom. The van der Waals surface area contributed by atoms with E-state index in [0.29, 0.717) is 11.1 Å². The summed E-state index contributed by atoms with van der Waals surface area (Å²) in [5.74, 6) is -0.0101. The first-order chi connectivity index (χ1) is 9.44. The Hall–Kier alpha value is -2.43. The molecule has 0 fully saturated rings. The molecule has 0 bridgehead atoms. The summed E-state index contributed by atoms with van der Waals surface area (Å²) in [4.78, 5) is 11.2. The summed E-state index contributed by atoms with van der Waals surface area (Å²) in [5.41, 5.74) is 2.11. The van der Waals surface area contributed by atoms with Gasteiger partial charge >= 0.3 is 6.29 Å².